The van der Waals surface area contributed by atoms with Crippen molar-refractivity contribution >= 4 is 25.1 Å². The predicted octanol–water partition coefficient (Wildman–Crippen LogP) is 1.42. The lowest BCUT2D eigenvalue weighted by molar-refractivity contribution is 0.176. The molecule has 2 nitrogen and oxygen atoms in total. The average molecular weight is 222 g/mol. The Balaban J connectivity index is 2.23. The topological polar surface area (TPSA) is 29.3 Å². The summed E-state index contributed by atoms with van der Waals surface area (Å²) in [6.07, 6.45) is 6.57. The number of hydrogen-bond donors (Lipinski definition) is 1. The second-order valence-corrected chi connectivity index (χ2v) is 5.55. The number of rotatable bonds is 0. The zero-order valence-corrected chi connectivity index (χ0v) is 10.2. The number of thiocarbonyl (C=S) groups is 1. The zero-order chi connectivity index (χ0) is 11.1. The van der Waals surface area contributed by atoms with E-state index >= 15 is 0 Å². The van der Waals surface area contributed by atoms with Gasteiger partial charge in [-0.05, 0) is 37.0 Å². The van der Waals surface area contributed by atoms with Crippen molar-refractivity contribution in [2.75, 3.05) is 7.05 Å². The molecule has 1 aliphatic heterocycles. The van der Waals surface area contributed by atoms with Gasteiger partial charge in [-0.1, -0.05) is 25.1 Å². The van der Waals surface area contributed by atoms with Gasteiger partial charge < -0.3 is 10.6 Å². The lowest BCUT2D eigenvalue weighted by Gasteiger charge is -2.46. The number of piperidine rings is 1. The van der Waals surface area contributed by atoms with Crippen LogP contribution in [-0.2, 0) is 0 Å². The fraction of sp³-hybridized carbons (Fsp3) is 0.909. The van der Waals surface area contributed by atoms with Crippen molar-refractivity contribution in [1.82, 2.24) is 4.90 Å². The van der Waals surface area contributed by atoms with Crippen LogP contribution in [0.3, 0.4) is 0 Å². The molecule has 1 saturated heterocycles. The first-order valence-electron chi connectivity index (χ1n) is 5.86. The molecule has 0 amide bonds. The first kappa shape index (κ1) is 11.4. The van der Waals surface area contributed by atoms with Crippen LogP contribution >= 0.6 is 12.2 Å². The van der Waals surface area contributed by atoms with Gasteiger partial charge in [0.25, 0.3) is 0 Å². The molecule has 0 aromatic rings. The van der Waals surface area contributed by atoms with Crippen LogP contribution < -0.4 is 5.73 Å². The SMILES string of the molecule is [B]C1(N)CCCCC2C1CCC(=S)N2C. The first-order chi connectivity index (χ1) is 7.02. The highest BCUT2D eigenvalue weighted by molar-refractivity contribution is 7.80. The summed E-state index contributed by atoms with van der Waals surface area (Å²) >= 11 is 5.36. The predicted molar refractivity (Wildman–Crippen MR) is 68.0 cm³/mol. The van der Waals surface area contributed by atoms with E-state index in [0.717, 1.165) is 30.7 Å². The van der Waals surface area contributed by atoms with E-state index in [-0.39, 0.29) is 0 Å². The van der Waals surface area contributed by atoms with Gasteiger partial charge in [0.05, 0.1) is 12.8 Å². The molecule has 2 radical (unpaired) electrons. The fourth-order valence-corrected chi connectivity index (χ4v) is 3.35. The quantitative estimate of drug-likeness (QED) is 0.496. The lowest BCUT2D eigenvalue weighted by atomic mass is 9.62. The summed E-state index contributed by atoms with van der Waals surface area (Å²) in [4.78, 5) is 3.32. The van der Waals surface area contributed by atoms with E-state index in [2.05, 4.69) is 11.9 Å². The third-order valence-corrected chi connectivity index (χ3v) is 4.57. The minimum atomic E-state index is -0.481. The third-order valence-electron chi connectivity index (χ3n) is 4.07. The summed E-state index contributed by atoms with van der Waals surface area (Å²) < 4.78 is 0. The highest BCUT2D eigenvalue weighted by Crippen LogP contribution is 2.37. The maximum absolute atomic E-state index is 6.25. The summed E-state index contributed by atoms with van der Waals surface area (Å²) in [6.45, 7) is 0. The van der Waals surface area contributed by atoms with Gasteiger partial charge in [-0.2, -0.15) is 0 Å². The van der Waals surface area contributed by atoms with E-state index in [9.17, 15) is 0 Å². The van der Waals surface area contributed by atoms with E-state index < -0.39 is 5.44 Å². The van der Waals surface area contributed by atoms with Crippen LogP contribution in [0.5, 0.6) is 0 Å². The van der Waals surface area contributed by atoms with Crippen molar-refractivity contribution in [2.24, 2.45) is 11.7 Å². The summed E-state index contributed by atoms with van der Waals surface area (Å²) in [5, 5.41) is 0. The van der Waals surface area contributed by atoms with Crippen LogP contribution in [0.25, 0.3) is 0 Å². The van der Waals surface area contributed by atoms with E-state index in [0.29, 0.717) is 12.0 Å². The van der Waals surface area contributed by atoms with Crippen LogP contribution in [0.2, 0.25) is 0 Å². The Morgan fingerprint density at radius 2 is 2.20 bits per heavy atom. The zero-order valence-electron chi connectivity index (χ0n) is 9.41. The molecule has 82 valence electrons. The summed E-state index contributed by atoms with van der Waals surface area (Å²) in [5.74, 6) is 0.414. The maximum atomic E-state index is 6.25. The van der Waals surface area contributed by atoms with Gasteiger partial charge in [0, 0.05) is 13.1 Å². The Hall–Kier alpha value is -0.0851. The smallest absolute Gasteiger partial charge is 0.0955 e. The number of fused-ring (bicyclic) bond motifs is 1. The number of nitrogens with zero attached hydrogens (tertiary/aromatic N) is 1. The molecule has 3 atom stereocenters. The van der Waals surface area contributed by atoms with Gasteiger partial charge in [-0.3, -0.25) is 0 Å². The number of likely N-dealkylation sites (tertiary alicyclic amines) is 1. The van der Waals surface area contributed by atoms with Crippen molar-refractivity contribution in [3.05, 3.63) is 0 Å². The molecule has 2 aliphatic rings. The second-order valence-electron chi connectivity index (χ2n) is 5.08. The lowest BCUT2D eigenvalue weighted by Crippen LogP contribution is -2.58. The monoisotopic (exact) mass is 222 g/mol. The Morgan fingerprint density at radius 1 is 1.47 bits per heavy atom. The van der Waals surface area contributed by atoms with Crippen molar-refractivity contribution in [3.63, 3.8) is 0 Å². The molecule has 1 saturated carbocycles. The minimum Gasteiger partial charge on any atom is -0.366 e. The highest BCUT2D eigenvalue weighted by atomic mass is 32.1. The molecule has 2 N–H and O–H groups in total. The Bertz CT molecular complexity index is 267. The highest BCUT2D eigenvalue weighted by Gasteiger charge is 2.41. The van der Waals surface area contributed by atoms with Crippen LogP contribution in [0.1, 0.15) is 38.5 Å². The molecular formula is C11H19BN2S. The molecule has 0 aromatic heterocycles. The molecule has 4 heteroatoms. The third kappa shape index (κ3) is 2.07. The van der Waals surface area contributed by atoms with Gasteiger partial charge >= 0.3 is 0 Å². The fourth-order valence-electron chi connectivity index (χ4n) is 3.09. The van der Waals surface area contributed by atoms with E-state index in [1.807, 2.05) is 0 Å². The van der Waals surface area contributed by atoms with Crippen molar-refractivity contribution in [1.29, 1.82) is 0 Å². The van der Waals surface area contributed by atoms with Gasteiger partial charge in [0.2, 0.25) is 0 Å². The minimum absolute atomic E-state index is 0.414. The second kappa shape index (κ2) is 4.06. The standard InChI is InChI=1S/C11H19BN2S/c1-14-9-4-2-3-7-11(12,13)8(9)5-6-10(14)15/h8-9H,2-7,13H2,1H3. The molecule has 1 heterocycles. The molecule has 2 fully saturated rings. The van der Waals surface area contributed by atoms with Crippen molar-refractivity contribution < 1.29 is 0 Å². The summed E-state index contributed by atoms with van der Waals surface area (Å²) in [5.41, 5.74) is 5.77. The average Bonchev–Trinajstić information content (AvgIpc) is 2.32. The van der Waals surface area contributed by atoms with Gasteiger partial charge in [-0.25, -0.2) is 0 Å². The van der Waals surface area contributed by atoms with E-state index in [1.54, 1.807) is 0 Å². The molecule has 3 unspecified atom stereocenters. The van der Waals surface area contributed by atoms with Crippen LogP contribution in [0, 0.1) is 5.92 Å². The number of nitrogens with two attached hydrogens (primary N) is 1. The Kier molecular flexibility index (Phi) is 3.08. The molecule has 2 rings (SSSR count). The summed E-state index contributed by atoms with van der Waals surface area (Å²) in [7, 11) is 8.35. The summed E-state index contributed by atoms with van der Waals surface area (Å²) in [6, 6.07) is 0.476. The molecule has 0 aromatic carbocycles. The molecule has 1 aliphatic carbocycles. The number of hydrogen-bond acceptors (Lipinski definition) is 2. The molecular weight excluding hydrogens is 203 g/mol. The first-order valence-corrected chi connectivity index (χ1v) is 6.26. The molecule has 0 bridgehead atoms. The van der Waals surface area contributed by atoms with Gasteiger partial charge in [-0.15, -0.1) is 0 Å². The largest absolute Gasteiger partial charge is 0.366 e. The van der Waals surface area contributed by atoms with Gasteiger partial charge in [0.1, 0.15) is 0 Å². The van der Waals surface area contributed by atoms with Crippen LogP contribution in [0.15, 0.2) is 0 Å². The normalized spacial score (nSPS) is 42.3. The van der Waals surface area contributed by atoms with Crippen molar-refractivity contribution in [2.45, 2.75) is 50.0 Å². The van der Waals surface area contributed by atoms with Crippen LogP contribution in [0.4, 0.5) is 0 Å². The Labute approximate surface area is 99.0 Å². The molecule has 15 heavy (non-hydrogen) atoms. The van der Waals surface area contributed by atoms with Crippen molar-refractivity contribution in [3.8, 4) is 0 Å². The van der Waals surface area contributed by atoms with Crippen LogP contribution in [-0.4, -0.2) is 36.3 Å². The van der Waals surface area contributed by atoms with Gasteiger partial charge in [0.15, 0.2) is 0 Å². The Morgan fingerprint density at radius 3 is 2.93 bits per heavy atom. The maximum Gasteiger partial charge on any atom is 0.0955 e. The van der Waals surface area contributed by atoms with E-state index in [1.165, 1.54) is 12.8 Å². The van der Waals surface area contributed by atoms with E-state index in [4.69, 9.17) is 25.8 Å². The molecule has 0 spiro atoms.